The van der Waals surface area contributed by atoms with Gasteiger partial charge in [-0.25, -0.2) is 4.98 Å². The molecule has 1 aliphatic rings. The molecule has 0 saturated heterocycles. The normalized spacial score (nSPS) is 20.4. The highest BCUT2D eigenvalue weighted by Crippen LogP contribution is 2.27. The molecule has 2 N–H and O–H groups in total. The summed E-state index contributed by atoms with van der Waals surface area (Å²) in [6, 6.07) is 3.40. The van der Waals surface area contributed by atoms with E-state index < -0.39 is 0 Å². The average molecular weight is 400 g/mol. The number of rotatable bonds is 4. The molecule has 1 heterocycles. The van der Waals surface area contributed by atoms with Gasteiger partial charge in [-0.3, -0.25) is 9.59 Å². The van der Waals surface area contributed by atoms with Gasteiger partial charge in [0.2, 0.25) is 11.8 Å². The number of nitrogens with zero attached hydrogens (tertiary/aromatic N) is 2. The van der Waals surface area contributed by atoms with Gasteiger partial charge in [-0.05, 0) is 41.3 Å². The van der Waals surface area contributed by atoms with Crippen molar-refractivity contribution >= 4 is 45.2 Å². The minimum Gasteiger partial charge on any atom is -0.352 e. The molecule has 0 unspecified atom stereocenters. The Morgan fingerprint density at radius 3 is 2.96 bits per heavy atom. The number of aromatic nitrogens is 1. The van der Waals surface area contributed by atoms with E-state index in [0.717, 1.165) is 19.3 Å². The van der Waals surface area contributed by atoms with Gasteiger partial charge in [0.1, 0.15) is 12.2 Å². The minimum absolute atomic E-state index is 0.0646. The van der Waals surface area contributed by atoms with Crippen molar-refractivity contribution in [1.29, 1.82) is 5.26 Å². The molecular formula is C15H16BrClN4O2. The number of amides is 2. The quantitative estimate of drug-likeness (QED) is 0.813. The van der Waals surface area contributed by atoms with Crippen LogP contribution < -0.4 is 10.6 Å². The zero-order valence-corrected chi connectivity index (χ0v) is 14.7. The Labute approximate surface area is 147 Å². The molecule has 1 aromatic rings. The van der Waals surface area contributed by atoms with Crippen LogP contribution in [0.15, 0.2) is 16.7 Å². The molecule has 2 amide bonds. The topological polar surface area (TPSA) is 94.9 Å². The van der Waals surface area contributed by atoms with E-state index in [2.05, 4.69) is 31.5 Å². The molecule has 2 atom stereocenters. The Balaban J connectivity index is 1.92. The van der Waals surface area contributed by atoms with Gasteiger partial charge in [0.25, 0.3) is 0 Å². The van der Waals surface area contributed by atoms with Crippen molar-refractivity contribution < 1.29 is 9.59 Å². The van der Waals surface area contributed by atoms with E-state index in [1.165, 1.54) is 6.20 Å². The van der Waals surface area contributed by atoms with Crippen molar-refractivity contribution in [2.45, 2.75) is 38.1 Å². The standard InChI is InChI=1S/C15H16BrClN4O2/c16-11-7-13(19-8-12(11)17)21-15(23)9-2-1-3-10(6-9)20-14(22)4-5-18/h7-10H,1-4,6H2,(H,20,22)(H,19,21,23)/t9-,10+/m0/s1. The second-order valence-electron chi connectivity index (χ2n) is 5.44. The summed E-state index contributed by atoms with van der Waals surface area (Å²) in [5, 5.41) is 14.6. The molecular weight excluding hydrogens is 384 g/mol. The first-order chi connectivity index (χ1) is 11.0. The average Bonchev–Trinajstić information content (AvgIpc) is 2.51. The predicted octanol–water partition coefficient (Wildman–Crippen LogP) is 3.02. The van der Waals surface area contributed by atoms with Crippen LogP contribution in [0.25, 0.3) is 0 Å². The van der Waals surface area contributed by atoms with Crippen LogP contribution in [0.3, 0.4) is 0 Å². The van der Waals surface area contributed by atoms with E-state index in [9.17, 15) is 9.59 Å². The monoisotopic (exact) mass is 398 g/mol. The number of nitriles is 1. The fraction of sp³-hybridized carbons (Fsp3) is 0.467. The summed E-state index contributed by atoms with van der Waals surface area (Å²) in [4.78, 5) is 27.9. The first-order valence-electron chi connectivity index (χ1n) is 7.28. The molecule has 6 nitrogen and oxygen atoms in total. The SMILES string of the molecule is N#CCC(=O)N[C@@H]1CCC[C@H](C(=O)Nc2cc(Br)c(Cl)cn2)C1. The van der Waals surface area contributed by atoms with E-state index in [1.54, 1.807) is 6.07 Å². The van der Waals surface area contributed by atoms with Crippen LogP contribution in [0.1, 0.15) is 32.1 Å². The summed E-state index contributed by atoms with van der Waals surface area (Å²) in [6.07, 6.45) is 4.32. The first-order valence-corrected chi connectivity index (χ1v) is 8.45. The van der Waals surface area contributed by atoms with Crippen LogP contribution in [0.4, 0.5) is 5.82 Å². The Kier molecular flexibility index (Phi) is 6.37. The van der Waals surface area contributed by atoms with Crippen LogP contribution in [-0.4, -0.2) is 22.8 Å². The summed E-state index contributed by atoms with van der Waals surface area (Å²) < 4.78 is 0.662. The second-order valence-corrected chi connectivity index (χ2v) is 6.70. The van der Waals surface area contributed by atoms with E-state index in [4.69, 9.17) is 16.9 Å². The molecule has 1 aliphatic carbocycles. The molecule has 0 aromatic carbocycles. The van der Waals surface area contributed by atoms with E-state index in [-0.39, 0.29) is 30.2 Å². The molecule has 0 bridgehead atoms. The lowest BCUT2D eigenvalue weighted by atomic mass is 9.85. The van der Waals surface area contributed by atoms with Crippen molar-refractivity contribution in [1.82, 2.24) is 10.3 Å². The van der Waals surface area contributed by atoms with Gasteiger partial charge < -0.3 is 10.6 Å². The number of pyridine rings is 1. The summed E-state index contributed by atoms with van der Waals surface area (Å²) in [7, 11) is 0. The number of hydrogen-bond acceptors (Lipinski definition) is 4. The molecule has 23 heavy (non-hydrogen) atoms. The molecule has 1 aromatic heterocycles. The third-order valence-corrected chi connectivity index (χ3v) is 4.90. The van der Waals surface area contributed by atoms with Crippen molar-refractivity contribution in [2.75, 3.05) is 5.32 Å². The number of nitrogens with one attached hydrogen (secondary N) is 2. The Hall–Kier alpha value is -1.65. The van der Waals surface area contributed by atoms with Crippen LogP contribution >= 0.6 is 27.5 Å². The minimum atomic E-state index is -0.290. The van der Waals surface area contributed by atoms with E-state index >= 15 is 0 Å². The Morgan fingerprint density at radius 2 is 2.26 bits per heavy atom. The third kappa shape index (κ3) is 5.19. The van der Waals surface area contributed by atoms with Crippen LogP contribution in [0.2, 0.25) is 5.02 Å². The molecule has 0 radical (unpaired) electrons. The van der Waals surface area contributed by atoms with Gasteiger partial charge in [-0.2, -0.15) is 5.26 Å². The summed E-state index contributed by atoms with van der Waals surface area (Å²) in [5.74, 6) is -0.165. The third-order valence-electron chi connectivity index (χ3n) is 3.71. The highest BCUT2D eigenvalue weighted by atomic mass is 79.9. The van der Waals surface area contributed by atoms with Crippen molar-refractivity contribution in [2.24, 2.45) is 5.92 Å². The van der Waals surface area contributed by atoms with Gasteiger partial charge in [-0.1, -0.05) is 18.0 Å². The van der Waals surface area contributed by atoms with Gasteiger partial charge in [-0.15, -0.1) is 0 Å². The highest BCUT2D eigenvalue weighted by Gasteiger charge is 2.28. The molecule has 8 heteroatoms. The smallest absolute Gasteiger partial charge is 0.234 e. The Morgan fingerprint density at radius 1 is 1.48 bits per heavy atom. The van der Waals surface area contributed by atoms with Gasteiger partial charge in [0, 0.05) is 22.6 Å². The van der Waals surface area contributed by atoms with E-state index in [1.807, 2.05) is 6.07 Å². The first kappa shape index (κ1) is 17.7. The summed E-state index contributed by atoms with van der Waals surface area (Å²) in [6.45, 7) is 0. The van der Waals surface area contributed by atoms with Gasteiger partial charge in [0.05, 0.1) is 11.1 Å². The fourth-order valence-corrected chi connectivity index (χ4v) is 3.04. The lowest BCUT2D eigenvalue weighted by Gasteiger charge is -2.28. The maximum atomic E-state index is 12.4. The molecule has 122 valence electrons. The zero-order chi connectivity index (χ0) is 16.8. The summed E-state index contributed by atoms with van der Waals surface area (Å²) >= 11 is 9.16. The Bertz CT molecular complexity index is 647. The van der Waals surface area contributed by atoms with Gasteiger partial charge >= 0.3 is 0 Å². The highest BCUT2D eigenvalue weighted by molar-refractivity contribution is 9.10. The van der Waals surface area contributed by atoms with Crippen molar-refractivity contribution in [3.63, 3.8) is 0 Å². The largest absolute Gasteiger partial charge is 0.352 e. The number of carbonyl (C=O) groups is 2. The lowest BCUT2D eigenvalue weighted by Crippen LogP contribution is -2.40. The molecule has 1 fully saturated rings. The number of anilines is 1. The lowest BCUT2D eigenvalue weighted by molar-refractivity contribution is -0.124. The zero-order valence-electron chi connectivity index (χ0n) is 12.3. The molecule has 0 spiro atoms. The van der Waals surface area contributed by atoms with Crippen LogP contribution in [0, 0.1) is 17.2 Å². The van der Waals surface area contributed by atoms with Crippen LogP contribution in [0.5, 0.6) is 0 Å². The summed E-state index contributed by atoms with van der Waals surface area (Å²) in [5.41, 5.74) is 0. The number of hydrogen-bond donors (Lipinski definition) is 2. The number of carbonyl (C=O) groups excluding carboxylic acids is 2. The van der Waals surface area contributed by atoms with Crippen molar-refractivity contribution in [3.05, 3.63) is 21.8 Å². The van der Waals surface area contributed by atoms with Crippen molar-refractivity contribution in [3.8, 4) is 6.07 Å². The second kappa shape index (κ2) is 8.27. The molecule has 1 saturated carbocycles. The van der Waals surface area contributed by atoms with Crippen LogP contribution in [-0.2, 0) is 9.59 Å². The maximum Gasteiger partial charge on any atom is 0.234 e. The van der Waals surface area contributed by atoms with E-state index in [0.29, 0.717) is 21.7 Å². The number of halogens is 2. The van der Waals surface area contributed by atoms with Gasteiger partial charge in [0.15, 0.2) is 0 Å². The molecule has 2 rings (SSSR count). The fourth-order valence-electron chi connectivity index (χ4n) is 2.62. The molecule has 0 aliphatic heterocycles. The predicted molar refractivity (Wildman–Crippen MR) is 89.7 cm³/mol. The maximum absolute atomic E-state index is 12.4.